The summed E-state index contributed by atoms with van der Waals surface area (Å²) in [6, 6.07) is 66.8. The first kappa shape index (κ1) is 31.6. The van der Waals surface area contributed by atoms with Gasteiger partial charge in [0, 0.05) is 43.2 Å². The summed E-state index contributed by atoms with van der Waals surface area (Å²) in [6.45, 7) is 0. The Morgan fingerprint density at radius 2 is 1.04 bits per heavy atom. The Hall–Kier alpha value is -6.87. The zero-order chi connectivity index (χ0) is 36.5. The molecule has 0 spiro atoms. The van der Waals surface area contributed by atoms with Crippen molar-refractivity contribution in [1.29, 1.82) is 0 Å². The maximum atomic E-state index is 16.1. The molecule has 258 valence electrons. The van der Waals surface area contributed by atoms with Crippen LogP contribution < -0.4 is 15.9 Å². The van der Waals surface area contributed by atoms with Gasteiger partial charge in [-0.2, -0.15) is 0 Å². The molecule has 0 saturated carbocycles. The van der Waals surface area contributed by atoms with Crippen molar-refractivity contribution in [2.45, 2.75) is 0 Å². The monoisotopic (exact) mass is 721 g/mol. The first-order valence-corrected chi connectivity index (χ1v) is 20.2. The molecule has 11 rings (SSSR count). The van der Waals surface area contributed by atoms with Crippen molar-refractivity contribution in [2.24, 2.45) is 0 Å². The van der Waals surface area contributed by atoms with Crippen molar-refractivity contribution < 1.29 is 4.57 Å². The molecular weight excluding hydrogens is 690 g/mol. The van der Waals surface area contributed by atoms with Gasteiger partial charge in [0.2, 0.25) is 5.95 Å². The summed E-state index contributed by atoms with van der Waals surface area (Å²) in [6.07, 6.45) is 0. The van der Waals surface area contributed by atoms with Crippen molar-refractivity contribution in [3.8, 4) is 50.7 Å². The van der Waals surface area contributed by atoms with Gasteiger partial charge in [-0.15, -0.1) is 0 Å². The first-order chi connectivity index (χ1) is 27.2. The number of fused-ring (bicyclic) bond motifs is 9. The van der Waals surface area contributed by atoms with Gasteiger partial charge >= 0.3 is 0 Å². The van der Waals surface area contributed by atoms with E-state index in [1.807, 2.05) is 72.8 Å². The molecule has 2 aromatic heterocycles. The number of hydrogen-bond donors (Lipinski definition) is 0. The van der Waals surface area contributed by atoms with E-state index in [1.54, 1.807) is 0 Å². The lowest BCUT2D eigenvalue weighted by molar-refractivity contribution is 0.593. The van der Waals surface area contributed by atoms with Crippen LogP contribution in [0.2, 0.25) is 0 Å². The number of aromatic nitrogens is 3. The Balaban J connectivity index is 1.24. The van der Waals surface area contributed by atoms with Crippen LogP contribution in [0.25, 0.3) is 83.3 Å². The summed E-state index contributed by atoms with van der Waals surface area (Å²) >= 11 is 0. The molecule has 0 N–H and O–H groups in total. The molecular formula is C50H32N3OP. The molecule has 4 nitrogen and oxygen atoms in total. The molecule has 3 heterocycles. The normalized spacial score (nSPS) is 14.7. The van der Waals surface area contributed by atoms with Crippen molar-refractivity contribution in [2.75, 3.05) is 0 Å². The minimum absolute atomic E-state index is 0.560. The van der Waals surface area contributed by atoms with E-state index >= 15 is 4.57 Å². The molecule has 0 radical (unpaired) electrons. The van der Waals surface area contributed by atoms with Gasteiger partial charge in [-0.3, -0.25) is 4.57 Å². The summed E-state index contributed by atoms with van der Waals surface area (Å²) in [4.78, 5) is 10.7. The molecule has 1 atom stereocenters. The van der Waals surface area contributed by atoms with Crippen LogP contribution in [0.1, 0.15) is 0 Å². The van der Waals surface area contributed by atoms with Gasteiger partial charge in [0.1, 0.15) is 0 Å². The van der Waals surface area contributed by atoms with Crippen LogP contribution >= 0.6 is 7.14 Å². The van der Waals surface area contributed by atoms with E-state index in [9.17, 15) is 0 Å². The van der Waals surface area contributed by atoms with E-state index < -0.39 is 7.14 Å². The summed E-state index contributed by atoms with van der Waals surface area (Å²) < 4.78 is 18.3. The van der Waals surface area contributed by atoms with E-state index in [4.69, 9.17) is 9.97 Å². The number of nitrogens with zero attached hydrogens (tertiary/aromatic N) is 3. The highest BCUT2D eigenvalue weighted by atomic mass is 31.2. The molecule has 1 aliphatic heterocycles. The zero-order valence-corrected chi connectivity index (χ0v) is 30.6. The molecule has 1 unspecified atom stereocenters. The second-order valence-electron chi connectivity index (χ2n) is 14.1. The number of hydrogen-bond acceptors (Lipinski definition) is 3. The smallest absolute Gasteiger partial charge is 0.235 e. The third kappa shape index (κ3) is 4.82. The quantitative estimate of drug-likeness (QED) is 0.166. The summed E-state index contributed by atoms with van der Waals surface area (Å²) in [5.74, 6) is 0.560. The lowest BCUT2D eigenvalue weighted by atomic mass is 10.0. The van der Waals surface area contributed by atoms with E-state index in [-0.39, 0.29) is 0 Å². The predicted octanol–water partition coefficient (Wildman–Crippen LogP) is 11.3. The first-order valence-electron chi connectivity index (χ1n) is 18.5. The average molecular weight is 722 g/mol. The Labute approximate surface area is 318 Å². The fourth-order valence-corrected chi connectivity index (χ4v) is 11.8. The molecule has 55 heavy (non-hydrogen) atoms. The van der Waals surface area contributed by atoms with Gasteiger partial charge < -0.3 is 4.57 Å². The average Bonchev–Trinajstić information content (AvgIpc) is 3.75. The second kappa shape index (κ2) is 12.3. The van der Waals surface area contributed by atoms with Gasteiger partial charge in [-0.25, -0.2) is 9.97 Å². The van der Waals surface area contributed by atoms with Crippen molar-refractivity contribution >= 4 is 55.6 Å². The maximum Gasteiger partial charge on any atom is 0.235 e. The molecule has 8 aromatic carbocycles. The Bertz CT molecular complexity index is 3160. The second-order valence-corrected chi connectivity index (χ2v) is 16.7. The van der Waals surface area contributed by atoms with Crippen LogP contribution in [-0.4, -0.2) is 14.5 Å². The van der Waals surface area contributed by atoms with Crippen LogP contribution in [0.5, 0.6) is 0 Å². The maximum absolute atomic E-state index is 16.1. The van der Waals surface area contributed by atoms with E-state index in [1.165, 1.54) is 5.56 Å². The molecule has 0 aliphatic carbocycles. The number of benzene rings is 8. The summed E-state index contributed by atoms with van der Waals surface area (Å²) in [7, 11) is -3.29. The van der Waals surface area contributed by atoms with Crippen molar-refractivity contribution in [1.82, 2.24) is 14.5 Å². The van der Waals surface area contributed by atoms with Crippen LogP contribution in [-0.2, 0) is 4.57 Å². The van der Waals surface area contributed by atoms with Gasteiger partial charge in [0.25, 0.3) is 0 Å². The van der Waals surface area contributed by atoms with E-state index in [2.05, 4.69) is 126 Å². The molecule has 0 bridgehead atoms. The van der Waals surface area contributed by atoms with E-state index in [0.717, 1.165) is 87.7 Å². The largest absolute Gasteiger partial charge is 0.309 e. The van der Waals surface area contributed by atoms with Crippen LogP contribution in [0, 0.1) is 0 Å². The summed E-state index contributed by atoms with van der Waals surface area (Å²) in [5.41, 5.74) is 9.92. The third-order valence-electron chi connectivity index (χ3n) is 11.0. The molecule has 1 aliphatic rings. The molecule has 10 aromatic rings. The van der Waals surface area contributed by atoms with Crippen LogP contribution in [0.4, 0.5) is 0 Å². The lowest BCUT2D eigenvalue weighted by Crippen LogP contribution is -2.21. The zero-order valence-electron chi connectivity index (χ0n) is 29.7. The highest BCUT2D eigenvalue weighted by molar-refractivity contribution is 7.86. The lowest BCUT2D eigenvalue weighted by Gasteiger charge is -2.17. The SMILES string of the molecule is O=P1(c2ccccc2)c2ccccc2-c2ccc3c(c21)c1ccc2ccccc2c1n3-c1nc(-c2ccccc2)cc(-c2ccc(-c3ccccc3)cc2)n1. The molecule has 0 amide bonds. The van der Waals surface area contributed by atoms with Gasteiger partial charge in [0.15, 0.2) is 7.14 Å². The summed E-state index contributed by atoms with van der Waals surface area (Å²) in [5, 5.41) is 6.79. The minimum Gasteiger partial charge on any atom is -0.309 e. The Morgan fingerprint density at radius 3 is 1.78 bits per heavy atom. The van der Waals surface area contributed by atoms with Gasteiger partial charge in [0.05, 0.1) is 22.4 Å². The Morgan fingerprint density at radius 1 is 0.455 bits per heavy atom. The van der Waals surface area contributed by atoms with Gasteiger partial charge in [-0.05, 0) is 39.8 Å². The number of rotatable bonds is 5. The van der Waals surface area contributed by atoms with Crippen LogP contribution in [0.3, 0.4) is 0 Å². The third-order valence-corrected chi connectivity index (χ3v) is 14.2. The highest BCUT2D eigenvalue weighted by Gasteiger charge is 2.42. The minimum atomic E-state index is -3.29. The molecule has 0 fully saturated rings. The van der Waals surface area contributed by atoms with Crippen LogP contribution in [0.15, 0.2) is 194 Å². The van der Waals surface area contributed by atoms with Crippen molar-refractivity contribution in [3.05, 3.63) is 194 Å². The van der Waals surface area contributed by atoms with Crippen molar-refractivity contribution in [3.63, 3.8) is 0 Å². The standard InChI is InChI=1S/C50H32N3OP/c54-55(38-19-8-3-9-20-38)46-23-13-12-22-40(46)41-30-31-45-47(49(41)55)42-29-28-35-16-10-11-21-39(35)48(42)53(45)50-51-43(36-17-6-2-7-18-36)32-44(52-50)37-26-24-34(25-27-37)33-14-4-1-5-15-33/h1-32H. The highest BCUT2D eigenvalue weighted by Crippen LogP contribution is 2.55. The predicted molar refractivity (Wildman–Crippen MR) is 229 cm³/mol. The molecule has 5 heteroatoms. The molecule has 0 saturated heterocycles. The van der Waals surface area contributed by atoms with E-state index in [0.29, 0.717) is 5.95 Å². The Kier molecular flexibility index (Phi) is 7.10. The fraction of sp³-hybridized carbons (Fsp3) is 0. The topological polar surface area (TPSA) is 47.8 Å². The fourth-order valence-electron chi connectivity index (χ4n) is 8.51. The van der Waals surface area contributed by atoms with Gasteiger partial charge in [-0.1, -0.05) is 182 Å².